The highest BCUT2D eigenvalue weighted by Crippen LogP contribution is 2.68. The lowest BCUT2D eigenvalue weighted by molar-refractivity contribution is -0.154. The standard InChI is InChI=1S/C31H46O4/c1-20(32)24-9-10-25-23-8-7-22-19-31(33,15-12-21-6-11-27(34-4)28(18-21)35-5)17-16-29(22,2)26(23)13-14-30(24,25)3/h6,11,18,22-26,33H,7-10,12-17,19H2,1-5H3/t22?,23-,24+,25-,26-,29-,30+,31?/m0/s1. The van der Waals surface area contributed by atoms with Crippen LogP contribution in [0, 0.1) is 40.4 Å². The van der Waals surface area contributed by atoms with Crippen LogP contribution < -0.4 is 9.47 Å². The number of aryl methyl sites for hydroxylation is 1. The van der Waals surface area contributed by atoms with Gasteiger partial charge in [0.1, 0.15) is 5.78 Å². The van der Waals surface area contributed by atoms with Crippen LogP contribution in [0.5, 0.6) is 11.5 Å². The first kappa shape index (κ1) is 25.1. The van der Waals surface area contributed by atoms with E-state index in [1.807, 2.05) is 13.0 Å². The van der Waals surface area contributed by atoms with Crippen LogP contribution in [0.25, 0.3) is 0 Å². The Kier molecular flexibility index (Phi) is 6.52. The van der Waals surface area contributed by atoms with Gasteiger partial charge in [-0.2, -0.15) is 0 Å². The number of hydrogen-bond acceptors (Lipinski definition) is 4. The molecule has 4 saturated carbocycles. The summed E-state index contributed by atoms with van der Waals surface area (Å²) >= 11 is 0. The van der Waals surface area contributed by atoms with Crippen molar-refractivity contribution in [1.29, 1.82) is 0 Å². The molecule has 4 aliphatic carbocycles. The number of rotatable bonds is 6. The average Bonchev–Trinajstić information content (AvgIpc) is 3.21. The SMILES string of the molecule is COc1ccc(CCC2(O)CC[C@@]3(C)C(CC[C@H]4[C@@H]5CC[C@H](C(C)=O)[C@@]5(C)CC[C@@H]43)C2)cc1OC. The van der Waals surface area contributed by atoms with Crippen molar-refractivity contribution in [2.75, 3.05) is 14.2 Å². The molecule has 8 atom stereocenters. The van der Waals surface area contributed by atoms with E-state index in [9.17, 15) is 9.90 Å². The summed E-state index contributed by atoms with van der Waals surface area (Å²) in [5.74, 6) is 5.09. The number of benzene rings is 1. The zero-order valence-electron chi connectivity index (χ0n) is 22.6. The van der Waals surface area contributed by atoms with Crippen molar-refractivity contribution >= 4 is 5.78 Å². The van der Waals surface area contributed by atoms with Crippen molar-refractivity contribution in [3.05, 3.63) is 23.8 Å². The quantitative estimate of drug-likeness (QED) is 0.495. The minimum absolute atomic E-state index is 0.227. The van der Waals surface area contributed by atoms with Crippen LogP contribution in [0.2, 0.25) is 0 Å². The maximum absolute atomic E-state index is 12.4. The molecule has 0 spiro atoms. The van der Waals surface area contributed by atoms with Gasteiger partial charge in [-0.25, -0.2) is 0 Å². The van der Waals surface area contributed by atoms with Crippen molar-refractivity contribution in [2.45, 2.75) is 97.0 Å². The fourth-order valence-corrected chi connectivity index (χ4v) is 9.63. The summed E-state index contributed by atoms with van der Waals surface area (Å²) in [7, 11) is 3.34. The molecule has 2 unspecified atom stereocenters. The van der Waals surface area contributed by atoms with Gasteiger partial charge in [0.15, 0.2) is 11.5 Å². The zero-order valence-corrected chi connectivity index (χ0v) is 22.6. The predicted molar refractivity (Wildman–Crippen MR) is 139 cm³/mol. The van der Waals surface area contributed by atoms with E-state index in [4.69, 9.17) is 9.47 Å². The number of ether oxygens (including phenoxy) is 2. The van der Waals surface area contributed by atoms with Crippen molar-refractivity contribution in [1.82, 2.24) is 0 Å². The first-order chi connectivity index (χ1) is 16.6. The van der Waals surface area contributed by atoms with E-state index >= 15 is 0 Å². The van der Waals surface area contributed by atoms with E-state index in [-0.39, 0.29) is 11.3 Å². The number of aliphatic hydroxyl groups is 1. The lowest BCUT2D eigenvalue weighted by atomic mass is 9.43. The van der Waals surface area contributed by atoms with Crippen molar-refractivity contribution in [3.8, 4) is 11.5 Å². The summed E-state index contributed by atoms with van der Waals surface area (Å²) < 4.78 is 10.9. The lowest BCUT2D eigenvalue weighted by Gasteiger charge is -2.62. The smallest absolute Gasteiger partial charge is 0.160 e. The van der Waals surface area contributed by atoms with Crippen LogP contribution in [0.1, 0.15) is 90.5 Å². The molecule has 4 aliphatic rings. The summed E-state index contributed by atoms with van der Waals surface area (Å²) in [6.07, 6.45) is 12.0. The Hall–Kier alpha value is -1.55. The van der Waals surface area contributed by atoms with Crippen molar-refractivity contribution in [2.24, 2.45) is 40.4 Å². The number of fused-ring (bicyclic) bond motifs is 5. The molecule has 0 saturated heterocycles. The Morgan fingerprint density at radius 3 is 2.40 bits per heavy atom. The van der Waals surface area contributed by atoms with E-state index < -0.39 is 5.60 Å². The lowest BCUT2D eigenvalue weighted by Crippen LogP contribution is -2.56. The van der Waals surface area contributed by atoms with E-state index in [0.29, 0.717) is 17.1 Å². The van der Waals surface area contributed by atoms with Crippen LogP contribution in [-0.4, -0.2) is 30.7 Å². The van der Waals surface area contributed by atoms with Crippen LogP contribution in [0.4, 0.5) is 0 Å². The van der Waals surface area contributed by atoms with Crippen LogP contribution in [0.3, 0.4) is 0 Å². The first-order valence-electron chi connectivity index (χ1n) is 14.1. The van der Waals surface area contributed by atoms with Crippen LogP contribution in [0.15, 0.2) is 18.2 Å². The Morgan fingerprint density at radius 2 is 1.69 bits per heavy atom. The van der Waals surface area contributed by atoms with Gasteiger partial charge in [0.05, 0.1) is 19.8 Å². The third-order valence-corrected chi connectivity index (χ3v) is 11.6. The van der Waals surface area contributed by atoms with Gasteiger partial charge in [-0.1, -0.05) is 19.9 Å². The van der Waals surface area contributed by atoms with Gasteiger partial charge >= 0.3 is 0 Å². The van der Waals surface area contributed by atoms with Gasteiger partial charge in [0.25, 0.3) is 0 Å². The number of carbonyl (C=O) groups is 1. The summed E-state index contributed by atoms with van der Waals surface area (Å²) in [5.41, 5.74) is 1.19. The maximum atomic E-state index is 12.4. The molecule has 0 heterocycles. The van der Waals surface area contributed by atoms with Gasteiger partial charge in [0, 0.05) is 5.92 Å². The van der Waals surface area contributed by atoms with Gasteiger partial charge in [0.2, 0.25) is 0 Å². The highest BCUT2D eigenvalue weighted by molar-refractivity contribution is 5.79. The number of carbonyl (C=O) groups excluding carboxylic acids is 1. The fraction of sp³-hybridized carbons (Fsp3) is 0.774. The molecular formula is C31H46O4. The molecular weight excluding hydrogens is 436 g/mol. The largest absolute Gasteiger partial charge is 0.493 e. The van der Waals surface area contributed by atoms with Crippen LogP contribution in [-0.2, 0) is 11.2 Å². The molecule has 1 aromatic carbocycles. The number of ketones is 1. The molecule has 0 aliphatic heterocycles. The van der Waals surface area contributed by atoms with Crippen LogP contribution >= 0.6 is 0 Å². The number of hydrogen-bond donors (Lipinski definition) is 1. The van der Waals surface area contributed by atoms with Gasteiger partial charge < -0.3 is 14.6 Å². The Balaban J connectivity index is 1.27. The highest BCUT2D eigenvalue weighted by atomic mass is 16.5. The molecule has 0 radical (unpaired) electrons. The second-order valence-corrected chi connectivity index (χ2v) is 13.1. The molecule has 35 heavy (non-hydrogen) atoms. The topological polar surface area (TPSA) is 55.8 Å². The molecule has 194 valence electrons. The summed E-state index contributed by atoms with van der Waals surface area (Å²) in [6, 6.07) is 6.11. The average molecular weight is 483 g/mol. The van der Waals surface area contributed by atoms with Crippen molar-refractivity contribution in [3.63, 3.8) is 0 Å². The third-order valence-electron chi connectivity index (χ3n) is 11.6. The minimum atomic E-state index is -0.569. The second-order valence-electron chi connectivity index (χ2n) is 13.1. The summed E-state index contributed by atoms with van der Waals surface area (Å²) in [5, 5.41) is 11.7. The third kappa shape index (κ3) is 4.12. The van der Waals surface area contributed by atoms with E-state index in [1.54, 1.807) is 14.2 Å². The zero-order chi connectivity index (χ0) is 25.0. The second kappa shape index (κ2) is 9.08. The van der Waals surface area contributed by atoms with E-state index in [1.165, 1.54) is 37.7 Å². The first-order valence-corrected chi connectivity index (χ1v) is 14.1. The molecule has 1 N–H and O–H groups in total. The van der Waals surface area contributed by atoms with Gasteiger partial charge in [-0.05, 0) is 130 Å². The number of methoxy groups -OCH3 is 2. The molecule has 5 rings (SSSR count). The molecule has 0 aromatic heterocycles. The maximum Gasteiger partial charge on any atom is 0.160 e. The summed E-state index contributed by atoms with van der Waals surface area (Å²) in [4.78, 5) is 12.4. The minimum Gasteiger partial charge on any atom is -0.493 e. The molecule has 1 aromatic rings. The molecule has 0 amide bonds. The molecule has 4 heteroatoms. The van der Waals surface area contributed by atoms with E-state index in [2.05, 4.69) is 26.0 Å². The molecule has 4 nitrogen and oxygen atoms in total. The molecule has 0 bridgehead atoms. The number of Topliss-reactive ketones (excluding diaryl/α,β-unsaturated/α-hetero) is 1. The normalized spacial score (nSPS) is 42.5. The predicted octanol–water partition coefficient (Wildman–Crippen LogP) is 6.62. The van der Waals surface area contributed by atoms with Gasteiger partial charge in [-0.3, -0.25) is 4.79 Å². The Bertz CT molecular complexity index is 957. The van der Waals surface area contributed by atoms with E-state index in [0.717, 1.165) is 67.8 Å². The monoisotopic (exact) mass is 482 g/mol. The summed E-state index contributed by atoms with van der Waals surface area (Å²) in [6.45, 7) is 6.82. The highest BCUT2D eigenvalue weighted by Gasteiger charge is 2.61. The fourth-order valence-electron chi connectivity index (χ4n) is 9.63. The van der Waals surface area contributed by atoms with Gasteiger partial charge in [-0.15, -0.1) is 0 Å². The van der Waals surface area contributed by atoms with Crippen molar-refractivity contribution < 1.29 is 19.4 Å². The Labute approximate surface area is 212 Å². The molecule has 4 fully saturated rings. The Morgan fingerprint density at radius 1 is 0.943 bits per heavy atom.